The van der Waals surface area contributed by atoms with Crippen LogP contribution in [0.3, 0.4) is 0 Å². The van der Waals surface area contributed by atoms with Crippen LogP contribution < -0.4 is 15.4 Å². The molecule has 1 aliphatic heterocycles. The zero-order valence-corrected chi connectivity index (χ0v) is 19.7. The number of nitrogens with two attached hydrogens (primary N) is 1. The first-order valence-electron chi connectivity index (χ1n) is 11.6. The van der Waals surface area contributed by atoms with E-state index in [0.717, 1.165) is 12.6 Å². The Morgan fingerprint density at radius 2 is 1.97 bits per heavy atom. The minimum absolute atomic E-state index is 0.0371. The molecule has 6 nitrogen and oxygen atoms in total. The van der Waals surface area contributed by atoms with E-state index in [9.17, 15) is 18.0 Å². The van der Waals surface area contributed by atoms with Crippen LogP contribution in [-0.4, -0.2) is 35.1 Å². The predicted molar refractivity (Wildman–Crippen MR) is 127 cm³/mol. The van der Waals surface area contributed by atoms with Crippen LogP contribution in [0.15, 0.2) is 36.5 Å². The van der Waals surface area contributed by atoms with Crippen molar-refractivity contribution >= 4 is 11.6 Å². The molecule has 0 bridgehead atoms. The molecule has 1 aromatic heterocycles. The predicted octanol–water partition coefficient (Wildman–Crippen LogP) is 4.57. The van der Waals surface area contributed by atoms with Gasteiger partial charge in [0.25, 0.3) is 0 Å². The highest BCUT2D eigenvalue weighted by Crippen LogP contribution is 2.39. The molecular formula is C26H27F3N4O2. The Hall–Kier alpha value is -3.62. The van der Waals surface area contributed by atoms with Crippen molar-refractivity contribution in [3.63, 3.8) is 0 Å². The minimum atomic E-state index is -0.687. The third kappa shape index (κ3) is 5.39. The zero-order chi connectivity index (χ0) is 25.1. The molecule has 184 valence electrons. The Bertz CT molecular complexity index is 1250. The van der Waals surface area contributed by atoms with Crippen molar-refractivity contribution < 1.29 is 22.7 Å². The monoisotopic (exact) mass is 484 g/mol. The lowest BCUT2D eigenvalue weighted by Gasteiger charge is -2.36. The summed E-state index contributed by atoms with van der Waals surface area (Å²) in [6, 6.07) is 7.67. The molecule has 1 amide bonds. The second-order valence-electron chi connectivity index (χ2n) is 8.66. The van der Waals surface area contributed by atoms with Gasteiger partial charge in [-0.25, -0.2) is 23.1 Å². The quantitative estimate of drug-likeness (QED) is 0.507. The van der Waals surface area contributed by atoms with E-state index in [1.54, 1.807) is 18.2 Å². The lowest BCUT2D eigenvalue weighted by molar-refractivity contribution is -0.118. The van der Waals surface area contributed by atoms with Gasteiger partial charge in [-0.2, -0.15) is 0 Å². The summed E-state index contributed by atoms with van der Waals surface area (Å²) in [5.74, 6) is -1.82. The zero-order valence-electron chi connectivity index (χ0n) is 19.7. The van der Waals surface area contributed by atoms with Gasteiger partial charge in [0.05, 0.1) is 18.4 Å². The molecule has 0 saturated carbocycles. The summed E-state index contributed by atoms with van der Waals surface area (Å²) in [4.78, 5) is 21.4. The first-order chi connectivity index (χ1) is 16.8. The van der Waals surface area contributed by atoms with Gasteiger partial charge in [-0.1, -0.05) is 19.1 Å². The Morgan fingerprint density at radius 3 is 2.69 bits per heavy atom. The number of nitrogens with zero attached hydrogens (tertiary/aromatic N) is 3. The van der Waals surface area contributed by atoms with Crippen molar-refractivity contribution in [1.29, 1.82) is 0 Å². The fraction of sp³-hybridized carbons (Fsp3) is 0.346. The van der Waals surface area contributed by atoms with Crippen LogP contribution in [0.1, 0.15) is 43.6 Å². The highest BCUT2D eigenvalue weighted by molar-refractivity contribution is 5.74. The second kappa shape index (κ2) is 10.3. The van der Waals surface area contributed by atoms with Gasteiger partial charge in [-0.3, -0.25) is 4.79 Å². The van der Waals surface area contributed by atoms with Gasteiger partial charge in [0.2, 0.25) is 5.91 Å². The van der Waals surface area contributed by atoms with Crippen LogP contribution in [0.4, 0.5) is 18.9 Å². The van der Waals surface area contributed by atoms with E-state index in [4.69, 9.17) is 10.5 Å². The fourth-order valence-corrected chi connectivity index (χ4v) is 4.15. The molecule has 2 N–H and O–H groups in total. The van der Waals surface area contributed by atoms with Gasteiger partial charge >= 0.3 is 0 Å². The molecule has 9 heteroatoms. The molecule has 4 rings (SSSR count). The number of fused-ring (bicyclic) bond motifs is 1. The Balaban J connectivity index is 1.64. The Morgan fingerprint density at radius 1 is 1.17 bits per heavy atom. The van der Waals surface area contributed by atoms with Crippen LogP contribution in [0.5, 0.6) is 5.75 Å². The summed E-state index contributed by atoms with van der Waals surface area (Å²) in [5, 5.41) is 0. The standard InChI is InChI=1S/C26H27F3N4O2/c1-3-15(2)33-8-9-35-26-20(28)12-18(13-22(26)33)25-21(29)14-31-24(32-25)11-16-4-5-17(19(27)10-16)6-7-23(30)34/h4-5,10,12-15H,3,6-9,11H2,1-2H3,(H2,30,34). The van der Waals surface area contributed by atoms with Crippen molar-refractivity contribution in [2.24, 2.45) is 5.73 Å². The molecular weight excluding hydrogens is 457 g/mol. The van der Waals surface area contributed by atoms with Crippen LogP contribution in [-0.2, 0) is 17.6 Å². The minimum Gasteiger partial charge on any atom is -0.486 e. The van der Waals surface area contributed by atoms with Gasteiger partial charge in [0.15, 0.2) is 17.4 Å². The van der Waals surface area contributed by atoms with Gasteiger partial charge in [0.1, 0.15) is 23.9 Å². The van der Waals surface area contributed by atoms with E-state index in [-0.39, 0.29) is 48.1 Å². The average Bonchev–Trinajstić information content (AvgIpc) is 2.83. The molecule has 1 atom stereocenters. The average molecular weight is 485 g/mol. The van der Waals surface area contributed by atoms with Gasteiger partial charge < -0.3 is 15.4 Å². The van der Waals surface area contributed by atoms with Crippen LogP contribution in [0, 0.1) is 17.5 Å². The summed E-state index contributed by atoms with van der Waals surface area (Å²) in [7, 11) is 0. The Kier molecular flexibility index (Phi) is 7.23. The van der Waals surface area contributed by atoms with Crippen molar-refractivity contribution in [2.75, 3.05) is 18.1 Å². The number of hydrogen-bond acceptors (Lipinski definition) is 5. The molecule has 2 heterocycles. The van der Waals surface area contributed by atoms with Crippen molar-refractivity contribution in [3.8, 4) is 17.0 Å². The summed E-state index contributed by atoms with van der Waals surface area (Å²) >= 11 is 0. The number of ether oxygens (including phenoxy) is 1. The number of aromatic nitrogens is 2. The third-order valence-electron chi connectivity index (χ3n) is 6.22. The van der Waals surface area contributed by atoms with Gasteiger partial charge in [-0.05, 0) is 49.1 Å². The number of amides is 1. The fourth-order valence-electron chi connectivity index (χ4n) is 4.15. The number of aryl methyl sites for hydroxylation is 1. The number of carbonyl (C=O) groups is 1. The maximum absolute atomic E-state index is 14.9. The van der Waals surface area contributed by atoms with Crippen molar-refractivity contribution in [2.45, 2.75) is 45.6 Å². The van der Waals surface area contributed by atoms with Crippen LogP contribution in [0.2, 0.25) is 0 Å². The number of anilines is 1. The highest BCUT2D eigenvalue weighted by Gasteiger charge is 2.26. The first kappa shape index (κ1) is 24.5. The molecule has 0 radical (unpaired) electrons. The highest BCUT2D eigenvalue weighted by atomic mass is 19.1. The van der Waals surface area contributed by atoms with E-state index < -0.39 is 23.4 Å². The van der Waals surface area contributed by atoms with E-state index in [2.05, 4.69) is 9.97 Å². The summed E-state index contributed by atoms with van der Waals surface area (Å²) in [6.45, 7) is 5.06. The van der Waals surface area contributed by atoms with Gasteiger partial charge in [-0.15, -0.1) is 0 Å². The summed E-state index contributed by atoms with van der Waals surface area (Å²) in [6.07, 6.45) is 2.30. The number of hydrogen-bond donors (Lipinski definition) is 1. The third-order valence-corrected chi connectivity index (χ3v) is 6.22. The first-order valence-corrected chi connectivity index (χ1v) is 11.6. The molecule has 3 aromatic rings. The molecule has 0 fully saturated rings. The summed E-state index contributed by atoms with van der Waals surface area (Å²) in [5.41, 5.74) is 6.89. The van der Waals surface area contributed by atoms with E-state index in [1.807, 2.05) is 18.7 Å². The van der Waals surface area contributed by atoms with E-state index in [0.29, 0.717) is 30.0 Å². The maximum Gasteiger partial charge on any atom is 0.217 e. The molecule has 1 unspecified atom stereocenters. The van der Waals surface area contributed by atoms with Crippen molar-refractivity contribution in [1.82, 2.24) is 9.97 Å². The molecule has 2 aromatic carbocycles. The topological polar surface area (TPSA) is 81.3 Å². The van der Waals surface area contributed by atoms with E-state index in [1.165, 1.54) is 12.1 Å². The maximum atomic E-state index is 14.9. The summed E-state index contributed by atoms with van der Waals surface area (Å²) < 4.78 is 49.7. The normalized spacial score (nSPS) is 13.8. The number of primary amides is 1. The number of halogens is 3. The number of carbonyl (C=O) groups excluding carboxylic acids is 1. The van der Waals surface area contributed by atoms with Crippen LogP contribution in [0.25, 0.3) is 11.3 Å². The lowest BCUT2D eigenvalue weighted by atomic mass is 10.0. The largest absolute Gasteiger partial charge is 0.486 e. The molecule has 0 aliphatic carbocycles. The van der Waals surface area contributed by atoms with E-state index >= 15 is 0 Å². The smallest absolute Gasteiger partial charge is 0.217 e. The molecule has 0 saturated heterocycles. The second-order valence-corrected chi connectivity index (χ2v) is 8.66. The SMILES string of the molecule is CCC(C)N1CCOc2c(F)cc(-c3nc(Cc4ccc(CCC(N)=O)c(F)c4)ncc3F)cc21. The van der Waals surface area contributed by atoms with Crippen LogP contribution >= 0.6 is 0 Å². The lowest BCUT2D eigenvalue weighted by Crippen LogP contribution is -2.39. The number of rotatable bonds is 8. The Labute approximate surface area is 201 Å². The molecule has 35 heavy (non-hydrogen) atoms. The van der Waals surface area contributed by atoms with Crippen molar-refractivity contribution in [3.05, 3.63) is 70.9 Å². The number of benzene rings is 2. The molecule has 1 aliphatic rings. The molecule has 0 spiro atoms. The van der Waals surface area contributed by atoms with Gasteiger partial charge in [0, 0.05) is 24.4 Å².